The van der Waals surface area contributed by atoms with E-state index in [2.05, 4.69) is 20.3 Å². The third kappa shape index (κ3) is 3.67. The summed E-state index contributed by atoms with van der Waals surface area (Å²) < 4.78 is 23.1. The lowest BCUT2D eigenvalue weighted by molar-refractivity contribution is 0.134. The molecule has 34 heavy (non-hydrogen) atoms. The molecule has 0 spiro atoms. The zero-order chi connectivity index (χ0) is 23.7. The number of benzene rings is 2. The van der Waals surface area contributed by atoms with E-state index in [-0.39, 0.29) is 5.39 Å². The summed E-state index contributed by atoms with van der Waals surface area (Å²) in [7, 11) is 1.59. The van der Waals surface area contributed by atoms with Crippen molar-refractivity contribution in [3.8, 4) is 5.69 Å². The largest absolute Gasteiger partial charge is 0.364 e. The van der Waals surface area contributed by atoms with Gasteiger partial charge in [-0.1, -0.05) is 31.2 Å². The van der Waals surface area contributed by atoms with Crippen LogP contribution in [0.4, 0.5) is 10.2 Å². The smallest absolute Gasteiger partial charge is 0.269 e. The lowest BCUT2D eigenvalue weighted by atomic mass is 10.1. The Kier molecular flexibility index (Phi) is 5.72. The fourth-order valence-corrected chi connectivity index (χ4v) is 4.00. The van der Waals surface area contributed by atoms with Gasteiger partial charge in [0.25, 0.3) is 5.56 Å². The molecule has 10 heteroatoms. The Morgan fingerprint density at radius 2 is 1.91 bits per heavy atom. The van der Waals surface area contributed by atoms with Crippen LogP contribution in [0.25, 0.3) is 27.8 Å². The van der Waals surface area contributed by atoms with E-state index in [0.717, 1.165) is 0 Å². The number of imidazole rings is 1. The zero-order valence-corrected chi connectivity index (χ0v) is 18.6. The second kappa shape index (κ2) is 8.99. The first kappa shape index (κ1) is 21.7. The van der Waals surface area contributed by atoms with Crippen molar-refractivity contribution in [3.05, 3.63) is 83.2 Å². The van der Waals surface area contributed by atoms with Crippen molar-refractivity contribution >= 4 is 27.9 Å². The molecule has 9 nitrogen and oxygen atoms in total. The van der Waals surface area contributed by atoms with E-state index in [0.29, 0.717) is 47.2 Å². The highest BCUT2D eigenvalue weighted by Gasteiger charge is 2.23. The van der Waals surface area contributed by atoms with Crippen LogP contribution in [0.5, 0.6) is 0 Å². The molecule has 5 aromatic rings. The van der Waals surface area contributed by atoms with Crippen LogP contribution in [0, 0.1) is 5.82 Å². The van der Waals surface area contributed by atoms with Gasteiger partial charge in [0.05, 0.1) is 23.6 Å². The molecule has 0 saturated carbocycles. The molecule has 0 aliphatic rings. The summed E-state index contributed by atoms with van der Waals surface area (Å²) in [5, 5.41) is 3.33. The van der Waals surface area contributed by atoms with Crippen LogP contribution in [0.1, 0.15) is 25.2 Å². The minimum Gasteiger partial charge on any atom is -0.364 e. The second-order valence-electron chi connectivity index (χ2n) is 7.71. The van der Waals surface area contributed by atoms with Crippen molar-refractivity contribution in [1.29, 1.82) is 0 Å². The summed E-state index contributed by atoms with van der Waals surface area (Å²) in [5.41, 5.74) is 1.60. The quantitative estimate of drug-likeness (QED) is 0.395. The number of ether oxygens (including phenoxy) is 1. The molecule has 5 rings (SSSR count). The fourth-order valence-electron chi connectivity index (χ4n) is 4.00. The highest BCUT2D eigenvalue weighted by atomic mass is 19.1. The van der Waals surface area contributed by atoms with E-state index in [1.54, 1.807) is 42.3 Å². The first-order valence-electron chi connectivity index (χ1n) is 10.8. The highest BCUT2D eigenvalue weighted by Crippen LogP contribution is 2.27. The van der Waals surface area contributed by atoms with Gasteiger partial charge in [-0.25, -0.2) is 24.3 Å². The zero-order valence-electron chi connectivity index (χ0n) is 18.6. The van der Waals surface area contributed by atoms with Crippen LogP contribution >= 0.6 is 0 Å². The molecule has 3 aromatic heterocycles. The summed E-state index contributed by atoms with van der Waals surface area (Å²) >= 11 is 0. The Morgan fingerprint density at radius 3 is 2.68 bits per heavy atom. The number of rotatable bonds is 7. The van der Waals surface area contributed by atoms with Crippen molar-refractivity contribution in [2.24, 2.45) is 0 Å². The van der Waals surface area contributed by atoms with Crippen molar-refractivity contribution in [2.45, 2.75) is 26.1 Å². The van der Waals surface area contributed by atoms with Gasteiger partial charge in [0.15, 0.2) is 17.0 Å². The fraction of sp³-hybridized carbons (Fsp3) is 0.208. The van der Waals surface area contributed by atoms with Gasteiger partial charge in [0.1, 0.15) is 30.1 Å². The van der Waals surface area contributed by atoms with Gasteiger partial charge in [0, 0.05) is 7.11 Å². The van der Waals surface area contributed by atoms with Gasteiger partial charge in [0.2, 0.25) is 0 Å². The van der Waals surface area contributed by atoms with Crippen molar-refractivity contribution in [2.75, 3.05) is 12.4 Å². The summed E-state index contributed by atoms with van der Waals surface area (Å²) in [6, 6.07) is 13.1. The summed E-state index contributed by atoms with van der Waals surface area (Å²) in [6.45, 7) is 2.27. The third-order valence-corrected chi connectivity index (χ3v) is 5.59. The topological polar surface area (TPSA) is 99.8 Å². The number of fused-ring (bicyclic) bond motifs is 2. The lowest BCUT2D eigenvalue weighted by Crippen LogP contribution is -2.28. The average molecular weight is 459 g/mol. The second-order valence-corrected chi connectivity index (χ2v) is 7.71. The van der Waals surface area contributed by atoms with E-state index < -0.39 is 17.4 Å². The normalized spacial score (nSPS) is 12.3. The van der Waals surface area contributed by atoms with Crippen LogP contribution in [0.15, 0.2) is 66.0 Å². The number of aromatic nitrogens is 6. The van der Waals surface area contributed by atoms with Gasteiger partial charge < -0.3 is 10.1 Å². The van der Waals surface area contributed by atoms with Crippen LogP contribution in [-0.4, -0.2) is 36.2 Å². The van der Waals surface area contributed by atoms with E-state index in [1.807, 2.05) is 25.1 Å². The molecule has 0 aliphatic carbocycles. The first-order valence-corrected chi connectivity index (χ1v) is 10.8. The molecule has 0 bridgehead atoms. The Labute approximate surface area is 193 Å². The number of nitrogens with one attached hydrogen (secondary N) is 1. The van der Waals surface area contributed by atoms with Crippen LogP contribution in [0.2, 0.25) is 0 Å². The van der Waals surface area contributed by atoms with Crippen molar-refractivity contribution in [3.63, 3.8) is 0 Å². The average Bonchev–Trinajstić information content (AvgIpc) is 3.27. The number of methoxy groups -OCH3 is 1. The van der Waals surface area contributed by atoms with Crippen LogP contribution < -0.4 is 10.9 Å². The van der Waals surface area contributed by atoms with Crippen molar-refractivity contribution in [1.82, 2.24) is 29.1 Å². The number of halogens is 1. The number of para-hydroxylation sites is 1. The maximum atomic E-state index is 14.6. The summed E-state index contributed by atoms with van der Waals surface area (Å²) in [4.78, 5) is 31.4. The predicted octanol–water partition coefficient (Wildman–Crippen LogP) is 3.83. The van der Waals surface area contributed by atoms with Gasteiger partial charge in [-0.05, 0) is 30.7 Å². The molecule has 0 aliphatic heterocycles. The van der Waals surface area contributed by atoms with Gasteiger partial charge in [-0.3, -0.25) is 13.9 Å². The third-order valence-electron chi connectivity index (χ3n) is 5.59. The monoisotopic (exact) mass is 459 g/mol. The van der Waals surface area contributed by atoms with E-state index >= 15 is 0 Å². The molecule has 0 fully saturated rings. The van der Waals surface area contributed by atoms with Gasteiger partial charge >= 0.3 is 0 Å². The van der Waals surface area contributed by atoms with E-state index in [9.17, 15) is 9.18 Å². The van der Waals surface area contributed by atoms with Crippen molar-refractivity contribution < 1.29 is 9.13 Å². The Balaban J connectivity index is 1.69. The molecule has 0 saturated heterocycles. The van der Waals surface area contributed by atoms with Crippen LogP contribution in [-0.2, 0) is 11.5 Å². The predicted molar refractivity (Wildman–Crippen MR) is 126 cm³/mol. The molecule has 0 unspecified atom stereocenters. The minimum atomic E-state index is -0.603. The number of hydrogen-bond acceptors (Lipinski definition) is 7. The van der Waals surface area contributed by atoms with Gasteiger partial charge in [-0.2, -0.15) is 0 Å². The molecule has 3 heterocycles. The SMILES string of the molecule is CC[C@H](Nc1ncnc2c1ncn2COC)c1nc2cccc(F)c2c(=O)n1-c1ccccc1. The standard InChI is InChI=1S/C24H22FN7O2/c1-3-17(29-21-20-23(27-12-26-21)31(13-28-20)14-34-2)22-30-18-11-7-10-16(25)19(18)24(33)32(22)15-8-5-4-6-9-15/h4-13,17H,3,14H2,1-2H3,(H,26,27,29)/t17-/m0/s1. The molecule has 2 aromatic carbocycles. The van der Waals surface area contributed by atoms with E-state index in [4.69, 9.17) is 9.72 Å². The minimum absolute atomic E-state index is 0.0484. The van der Waals surface area contributed by atoms with Gasteiger partial charge in [-0.15, -0.1) is 0 Å². The lowest BCUT2D eigenvalue weighted by Gasteiger charge is -2.22. The van der Waals surface area contributed by atoms with Crippen LogP contribution in [0.3, 0.4) is 0 Å². The Bertz CT molecular complexity index is 1530. The first-order chi connectivity index (χ1) is 16.6. The molecular formula is C24H22FN7O2. The molecule has 0 radical (unpaired) electrons. The number of nitrogens with zero attached hydrogens (tertiary/aromatic N) is 6. The summed E-state index contributed by atoms with van der Waals surface area (Å²) in [6.07, 6.45) is 3.65. The molecule has 172 valence electrons. The molecule has 1 N–H and O–H groups in total. The summed E-state index contributed by atoms with van der Waals surface area (Å²) in [5.74, 6) is 0.341. The molecule has 0 amide bonds. The maximum Gasteiger partial charge on any atom is 0.269 e. The number of hydrogen-bond donors (Lipinski definition) is 1. The number of anilines is 1. The Hall–Kier alpha value is -4.18. The molecular weight excluding hydrogens is 437 g/mol. The maximum absolute atomic E-state index is 14.6. The molecule has 1 atom stereocenters. The highest BCUT2D eigenvalue weighted by molar-refractivity contribution is 5.83. The van der Waals surface area contributed by atoms with E-state index in [1.165, 1.54) is 17.0 Å². The Morgan fingerprint density at radius 1 is 1.09 bits per heavy atom.